The fourth-order valence-electron chi connectivity index (χ4n) is 5.67. The van der Waals surface area contributed by atoms with Gasteiger partial charge in [0.2, 0.25) is 0 Å². The molecule has 0 aliphatic heterocycles. The summed E-state index contributed by atoms with van der Waals surface area (Å²) in [6, 6.07) is 7.68. The number of hydrogen-bond donors (Lipinski definition) is 0. The molecule has 0 aromatic heterocycles. The van der Waals surface area contributed by atoms with Gasteiger partial charge in [0.15, 0.2) is 5.54 Å². The van der Waals surface area contributed by atoms with Gasteiger partial charge in [-0.25, -0.2) is 9.79 Å². The van der Waals surface area contributed by atoms with E-state index >= 15 is 0 Å². The highest BCUT2D eigenvalue weighted by Crippen LogP contribution is 2.55. The van der Waals surface area contributed by atoms with Crippen LogP contribution in [0.2, 0.25) is 0 Å². The maximum absolute atomic E-state index is 13.4. The number of esters is 1. The van der Waals surface area contributed by atoms with Crippen LogP contribution in [-0.4, -0.2) is 31.0 Å². The van der Waals surface area contributed by atoms with Crippen molar-refractivity contribution in [3.8, 4) is 6.07 Å². The highest BCUT2D eigenvalue weighted by atomic mass is 32.1. The molecule has 0 heterocycles. The molecule has 6 heteroatoms. The van der Waals surface area contributed by atoms with Crippen molar-refractivity contribution < 1.29 is 14.3 Å². The number of nitrogens with zero attached hydrogens (tertiary/aromatic N) is 2. The normalized spacial score (nSPS) is 33.6. The van der Waals surface area contributed by atoms with Crippen LogP contribution < -0.4 is 0 Å². The summed E-state index contributed by atoms with van der Waals surface area (Å²) in [6.45, 7) is 6.35. The fourth-order valence-corrected chi connectivity index (χ4v) is 5.81. The van der Waals surface area contributed by atoms with E-state index in [0.717, 1.165) is 24.0 Å². The van der Waals surface area contributed by atoms with Crippen molar-refractivity contribution in [2.24, 2.45) is 28.7 Å². The standard InChI is InChI=1S/C22H26N2O3S/c1-5-27-21(25)22(24-12-28)18-9-15(11-23)6-7-16(18)10-17-8-13(2)20(26-4)14(3)19(17)22/h6-7,9,13-14,17,19-20H,5,8,10H2,1-4H3/t13-,14+,17?,19?,20+,22?/m1/s1. The molecule has 0 N–H and O–H groups in total. The van der Waals surface area contributed by atoms with E-state index in [1.165, 1.54) is 0 Å². The molecule has 5 nitrogen and oxygen atoms in total. The van der Waals surface area contributed by atoms with Crippen molar-refractivity contribution >= 4 is 23.3 Å². The van der Waals surface area contributed by atoms with Gasteiger partial charge in [0.1, 0.15) is 0 Å². The van der Waals surface area contributed by atoms with Gasteiger partial charge >= 0.3 is 5.97 Å². The second-order valence-corrected chi connectivity index (χ2v) is 8.12. The summed E-state index contributed by atoms with van der Waals surface area (Å²) in [5, 5.41) is 11.9. The number of hydrogen-bond acceptors (Lipinski definition) is 6. The second-order valence-electron chi connectivity index (χ2n) is 7.94. The lowest BCUT2D eigenvalue weighted by Crippen LogP contribution is -2.57. The molecule has 6 atom stereocenters. The molecule has 3 unspecified atom stereocenters. The molecule has 1 aromatic rings. The Labute approximate surface area is 171 Å². The van der Waals surface area contributed by atoms with E-state index < -0.39 is 11.5 Å². The van der Waals surface area contributed by atoms with Crippen molar-refractivity contribution in [1.82, 2.24) is 0 Å². The van der Waals surface area contributed by atoms with Crippen molar-refractivity contribution in [2.45, 2.75) is 45.3 Å². The predicted molar refractivity (Wildman–Crippen MR) is 109 cm³/mol. The molecule has 3 rings (SSSR count). The zero-order valence-electron chi connectivity index (χ0n) is 16.8. The average Bonchev–Trinajstić information content (AvgIpc) is 2.67. The number of nitriles is 1. The average molecular weight is 399 g/mol. The van der Waals surface area contributed by atoms with Gasteiger partial charge in [-0.15, -0.1) is 0 Å². The number of fused-ring (bicyclic) bond motifs is 2. The Bertz CT molecular complexity index is 858. The van der Waals surface area contributed by atoms with E-state index in [4.69, 9.17) is 21.7 Å². The van der Waals surface area contributed by atoms with Gasteiger partial charge in [0.05, 0.1) is 29.5 Å². The van der Waals surface area contributed by atoms with Crippen LogP contribution in [0.15, 0.2) is 23.2 Å². The molecule has 1 aromatic carbocycles. The van der Waals surface area contributed by atoms with Gasteiger partial charge in [-0.2, -0.15) is 5.26 Å². The lowest BCUT2D eigenvalue weighted by atomic mass is 9.53. The van der Waals surface area contributed by atoms with Crippen LogP contribution in [0.5, 0.6) is 0 Å². The van der Waals surface area contributed by atoms with E-state index in [0.29, 0.717) is 11.5 Å². The largest absolute Gasteiger partial charge is 0.464 e. The molecule has 0 saturated heterocycles. The number of benzene rings is 1. The second kappa shape index (κ2) is 8.13. The maximum Gasteiger partial charge on any atom is 0.339 e. The number of carbonyl (C=O) groups is 1. The lowest BCUT2D eigenvalue weighted by Gasteiger charge is -2.53. The van der Waals surface area contributed by atoms with Crippen LogP contribution in [-0.2, 0) is 26.2 Å². The third-order valence-corrected chi connectivity index (χ3v) is 6.61. The summed E-state index contributed by atoms with van der Waals surface area (Å²) in [6.07, 6.45) is 1.78. The first kappa shape index (κ1) is 20.7. The lowest BCUT2D eigenvalue weighted by molar-refractivity contribution is -0.161. The Morgan fingerprint density at radius 2 is 2.18 bits per heavy atom. The third-order valence-electron chi connectivity index (χ3n) is 6.52. The van der Waals surface area contributed by atoms with Crippen LogP contribution in [0, 0.1) is 35.0 Å². The minimum absolute atomic E-state index is 0.0103. The van der Waals surface area contributed by atoms with E-state index in [1.54, 1.807) is 26.2 Å². The van der Waals surface area contributed by atoms with Gasteiger partial charge in [0, 0.05) is 13.0 Å². The number of thiocarbonyl (C=S) groups is 1. The Hall–Kier alpha value is -2.06. The number of aliphatic imine (C=N–C) groups is 1. The Kier molecular flexibility index (Phi) is 6.00. The van der Waals surface area contributed by atoms with Crippen molar-refractivity contribution in [3.05, 3.63) is 34.9 Å². The van der Waals surface area contributed by atoms with Crippen LogP contribution >= 0.6 is 12.2 Å². The van der Waals surface area contributed by atoms with Crippen LogP contribution in [0.3, 0.4) is 0 Å². The molecule has 0 amide bonds. The SMILES string of the molecule is CCOC(=O)C1(N=C=S)c2cc(C#N)ccc2CC2C[C@@H](C)[C@H](OC)[C@@H](C)C21. The fraction of sp³-hybridized carbons (Fsp3) is 0.591. The van der Waals surface area contributed by atoms with Crippen LogP contribution in [0.1, 0.15) is 43.9 Å². The van der Waals surface area contributed by atoms with E-state index in [2.05, 4.69) is 30.1 Å². The summed E-state index contributed by atoms with van der Waals surface area (Å²) in [5.41, 5.74) is 0.946. The first-order valence-electron chi connectivity index (χ1n) is 9.77. The molecule has 2 aliphatic carbocycles. The summed E-state index contributed by atoms with van der Waals surface area (Å²) < 4.78 is 11.3. The highest BCUT2D eigenvalue weighted by molar-refractivity contribution is 7.78. The Morgan fingerprint density at radius 3 is 2.79 bits per heavy atom. The van der Waals surface area contributed by atoms with E-state index in [-0.39, 0.29) is 30.5 Å². The molecule has 0 spiro atoms. The predicted octanol–water partition coefficient (Wildman–Crippen LogP) is 3.90. The van der Waals surface area contributed by atoms with Crippen molar-refractivity contribution in [3.63, 3.8) is 0 Å². The molecule has 0 radical (unpaired) electrons. The Morgan fingerprint density at radius 1 is 1.43 bits per heavy atom. The van der Waals surface area contributed by atoms with E-state index in [9.17, 15) is 10.1 Å². The first-order valence-corrected chi connectivity index (χ1v) is 10.2. The zero-order chi connectivity index (χ0) is 20.5. The molecule has 28 heavy (non-hydrogen) atoms. The van der Waals surface area contributed by atoms with E-state index in [1.807, 2.05) is 6.07 Å². The molecule has 1 saturated carbocycles. The monoisotopic (exact) mass is 398 g/mol. The maximum atomic E-state index is 13.4. The van der Waals surface area contributed by atoms with Gasteiger partial charge in [-0.1, -0.05) is 19.9 Å². The summed E-state index contributed by atoms with van der Waals surface area (Å²) in [5.74, 6) is 0.124. The molecule has 148 valence electrons. The van der Waals surface area contributed by atoms with Crippen LogP contribution in [0.4, 0.5) is 0 Å². The topological polar surface area (TPSA) is 71.7 Å². The summed E-state index contributed by atoms with van der Waals surface area (Å²) >= 11 is 4.99. The van der Waals surface area contributed by atoms with Gasteiger partial charge in [-0.3, -0.25) is 0 Å². The number of carbonyl (C=O) groups excluding carboxylic acids is 1. The number of ether oxygens (including phenoxy) is 2. The number of methoxy groups -OCH3 is 1. The molecular weight excluding hydrogens is 372 g/mol. The molecule has 0 bridgehead atoms. The Balaban J connectivity index is 2.30. The number of isothiocyanates is 1. The highest BCUT2D eigenvalue weighted by Gasteiger charge is 2.60. The smallest absolute Gasteiger partial charge is 0.339 e. The number of rotatable bonds is 4. The molecular formula is C22H26N2O3S. The third kappa shape index (κ3) is 3.08. The summed E-state index contributed by atoms with van der Waals surface area (Å²) in [7, 11) is 1.72. The minimum Gasteiger partial charge on any atom is -0.464 e. The van der Waals surface area contributed by atoms with Gasteiger partial charge in [-0.05, 0) is 73.0 Å². The molecule has 2 aliphatic rings. The summed E-state index contributed by atoms with van der Waals surface area (Å²) in [4.78, 5) is 17.9. The first-order chi connectivity index (χ1) is 13.4. The van der Waals surface area contributed by atoms with Gasteiger partial charge < -0.3 is 9.47 Å². The minimum atomic E-state index is -1.29. The van der Waals surface area contributed by atoms with Crippen molar-refractivity contribution in [1.29, 1.82) is 5.26 Å². The van der Waals surface area contributed by atoms with Crippen LogP contribution in [0.25, 0.3) is 0 Å². The van der Waals surface area contributed by atoms with Crippen molar-refractivity contribution in [2.75, 3.05) is 13.7 Å². The zero-order valence-corrected chi connectivity index (χ0v) is 17.6. The quantitative estimate of drug-likeness (QED) is 0.437. The van der Waals surface area contributed by atoms with Gasteiger partial charge in [0.25, 0.3) is 0 Å². The molecule has 1 fully saturated rings.